The van der Waals surface area contributed by atoms with Crippen molar-refractivity contribution in [2.75, 3.05) is 39.9 Å². The molecule has 0 spiro atoms. The van der Waals surface area contributed by atoms with Gasteiger partial charge in [0, 0.05) is 43.9 Å². The summed E-state index contributed by atoms with van der Waals surface area (Å²) >= 11 is 0. The molecule has 31 heavy (non-hydrogen) atoms. The van der Waals surface area contributed by atoms with Crippen LogP contribution in [0.3, 0.4) is 0 Å². The number of benzene rings is 1. The van der Waals surface area contributed by atoms with Gasteiger partial charge in [-0.3, -0.25) is 14.6 Å². The molecule has 1 aromatic carbocycles. The van der Waals surface area contributed by atoms with Gasteiger partial charge in [0.05, 0.1) is 13.2 Å². The summed E-state index contributed by atoms with van der Waals surface area (Å²) in [5, 5.41) is 13.5. The molecule has 2 aromatic heterocycles. The van der Waals surface area contributed by atoms with Gasteiger partial charge in [0.2, 0.25) is 0 Å². The Morgan fingerprint density at radius 2 is 2.16 bits per heavy atom. The maximum Gasteiger partial charge on any atom is 0.253 e. The van der Waals surface area contributed by atoms with Crippen molar-refractivity contribution in [2.45, 2.75) is 38.4 Å². The van der Waals surface area contributed by atoms with E-state index in [0.29, 0.717) is 30.6 Å². The average Bonchev–Trinajstić information content (AvgIpc) is 3.42. The predicted octanol–water partition coefficient (Wildman–Crippen LogP) is 1.34. The molecule has 164 valence electrons. The molecule has 3 aromatic rings. The lowest BCUT2D eigenvalue weighted by molar-refractivity contribution is 0.0781. The number of piperazine rings is 1. The van der Waals surface area contributed by atoms with Gasteiger partial charge < -0.3 is 9.72 Å². The van der Waals surface area contributed by atoms with Gasteiger partial charge in [-0.05, 0) is 60.3 Å². The van der Waals surface area contributed by atoms with Crippen LogP contribution in [0.25, 0.3) is 10.9 Å². The van der Waals surface area contributed by atoms with E-state index in [-0.39, 0.29) is 11.6 Å². The molecule has 2 saturated heterocycles. The van der Waals surface area contributed by atoms with Crippen LogP contribution in [0.5, 0.6) is 0 Å². The Bertz CT molecular complexity index is 1120. The van der Waals surface area contributed by atoms with Crippen molar-refractivity contribution in [3.63, 3.8) is 0 Å². The fraction of sp³-hybridized carbons (Fsp3) is 0.545. The zero-order chi connectivity index (χ0) is 21.4. The van der Waals surface area contributed by atoms with Crippen molar-refractivity contribution in [3.05, 3.63) is 51.6 Å². The second-order valence-corrected chi connectivity index (χ2v) is 8.63. The van der Waals surface area contributed by atoms with Gasteiger partial charge in [-0.25, -0.2) is 4.68 Å². The quantitative estimate of drug-likeness (QED) is 0.640. The van der Waals surface area contributed by atoms with Gasteiger partial charge in [-0.15, -0.1) is 5.10 Å². The summed E-state index contributed by atoms with van der Waals surface area (Å²) in [6, 6.07) is 8.33. The number of aryl methyl sites for hydroxylation is 1. The van der Waals surface area contributed by atoms with E-state index in [1.54, 1.807) is 11.8 Å². The number of methoxy groups -OCH3 is 1. The van der Waals surface area contributed by atoms with E-state index >= 15 is 0 Å². The van der Waals surface area contributed by atoms with E-state index < -0.39 is 0 Å². The van der Waals surface area contributed by atoms with Gasteiger partial charge >= 0.3 is 0 Å². The van der Waals surface area contributed by atoms with Crippen molar-refractivity contribution in [1.29, 1.82) is 0 Å². The minimum absolute atomic E-state index is 0.0866. The SMILES string of the molecule is COCCn1nnnc1[C@H](c1cc2cc(C)ccc2[nH]c1=O)N1CCN2CCC[C@H]2C1. The molecule has 0 amide bonds. The second kappa shape index (κ2) is 8.49. The van der Waals surface area contributed by atoms with Gasteiger partial charge in [-0.2, -0.15) is 0 Å². The number of H-pyrrole nitrogens is 1. The maximum atomic E-state index is 13.3. The number of tetrazole rings is 1. The molecule has 9 nitrogen and oxygen atoms in total. The van der Waals surface area contributed by atoms with Crippen molar-refractivity contribution >= 4 is 10.9 Å². The summed E-state index contributed by atoms with van der Waals surface area (Å²) in [6.07, 6.45) is 2.44. The normalized spacial score (nSPS) is 20.9. The predicted molar refractivity (Wildman–Crippen MR) is 117 cm³/mol. The third kappa shape index (κ3) is 3.88. The Balaban J connectivity index is 1.60. The van der Waals surface area contributed by atoms with Crippen LogP contribution in [0.2, 0.25) is 0 Å². The first kappa shape index (κ1) is 20.3. The zero-order valence-corrected chi connectivity index (χ0v) is 18.1. The first-order chi connectivity index (χ1) is 15.1. The van der Waals surface area contributed by atoms with Crippen LogP contribution in [0.15, 0.2) is 29.1 Å². The molecule has 5 rings (SSSR count). The average molecular weight is 424 g/mol. The largest absolute Gasteiger partial charge is 0.383 e. The number of pyridine rings is 1. The molecule has 0 radical (unpaired) electrons. The molecular weight excluding hydrogens is 394 g/mol. The molecule has 2 fully saturated rings. The summed E-state index contributed by atoms with van der Waals surface area (Å²) in [5.41, 5.74) is 2.61. The lowest BCUT2D eigenvalue weighted by Crippen LogP contribution is -2.52. The van der Waals surface area contributed by atoms with Gasteiger partial charge in [0.1, 0.15) is 6.04 Å². The highest BCUT2D eigenvalue weighted by Gasteiger charge is 2.37. The Morgan fingerprint density at radius 1 is 1.26 bits per heavy atom. The zero-order valence-electron chi connectivity index (χ0n) is 18.1. The van der Waals surface area contributed by atoms with E-state index in [1.807, 2.05) is 18.2 Å². The van der Waals surface area contributed by atoms with Crippen molar-refractivity contribution < 1.29 is 4.74 Å². The molecule has 0 unspecified atom stereocenters. The second-order valence-electron chi connectivity index (χ2n) is 8.63. The van der Waals surface area contributed by atoms with E-state index in [4.69, 9.17) is 4.74 Å². The number of rotatable bonds is 6. The summed E-state index contributed by atoms with van der Waals surface area (Å²) < 4.78 is 7.02. The highest BCUT2D eigenvalue weighted by Crippen LogP contribution is 2.31. The van der Waals surface area contributed by atoms with Crippen LogP contribution in [0, 0.1) is 6.92 Å². The van der Waals surface area contributed by atoms with Gasteiger partial charge in [0.25, 0.3) is 5.56 Å². The number of aromatic nitrogens is 5. The molecule has 0 bridgehead atoms. The number of fused-ring (bicyclic) bond motifs is 2. The minimum atomic E-state index is -0.303. The Kier molecular flexibility index (Phi) is 5.56. The number of nitrogens with one attached hydrogen (secondary N) is 1. The topological polar surface area (TPSA) is 92.2 Å². The Labute approximate surface area is 181 Å². The van der Waals surface area contributed by atoms with Crippen LogP contribution in [0.1, 0.15) is 35.8 Å². The molecule has 0 aliphatic carbocycles. The highest BCUT2D eigenvalue weighted by molar-refractivity contribution is 5.79. The molecule has 0 saturated carbocycles. The van der Waals surface area contributed by atoms with Crippen LogP contribution in [-0.4, -0.2) is 80.9 Å². The fourth-order valence-corrected chi connectivity index (χ4v) is 5.04. The number of hydrogen-bond acceptors (Lipinski definition) is 7. The maximum absolute atomic E-state index is 13.3. The van der Waals surface area contributed by atoms with E-state index in [0.717, 1.165) is 36.1 Å². The number of aromatic amines is 1. The number of hydrogen-bond donors (Lipinski definition) is 1. The third-order valence-corrected chi connectivity index (χ3v) is 6.62. The number of ether oxygens (including phenoxy) is 1. The lowest BCUT2D eigenvalue weighted by atomic mass is 10.0. The first-order valence-corrected chi connectivity index (χ1v) is 11.0. The molecule has 9 heteroatoms. The van der Waals surface area contributed by atoms with E-state index in [9.17, 15) is 4.79 Å². The molecule has 1 N–H and O–H groups in total. The van der Waals surface area contributed by atoms with Gasteiger partial charge in [0.15, 0.2) is 5.82 Å². The lowest BCUT2D eigenvalue weighted by Gasteiger charge is -2.41. The van der Waals surface area contributed by atoms with E-state index in [1.165, 1.54) is 19.4 Å². The van der Waals surface area contributed by atoms with Crippen LogP contribution in [-0.2, 0) is 11.3 Å². The van der Waals surface area contributed by atoms with Crippen molar-refractivity contribution in [3.8, 4) is 0 Å². The smallest absolute Gasteiger partial charge is 0.253 e. The first-order valence-electron chi connectivity index (χ1n) is 11.0. The molecule has 2 atom stereocenters. The van der Waals surface area contributed by atoms with Crippen LogP contribution < -0.4 is 5.56 Å². The molecule has 4 heterocycles. The summed E-state index contributed by atoms with van der Waals surface area (Å²) in [5.74, 6) is 0.695. The monoisotopic (exact) mass is 423 g/mol. The van der Waals surface area contributed by atoms with Crippen LogP contribution in [0.4, 0.5) is 0 Å². The van der Waals surface area contributed by atoms with E-state index in [2.05, 4.69) is 43.3 Å². The Hall–Kier alpha value is -2.62. The van der Waals surface area contributed by atoms with Crippen LogP contribution >= 0.6 is 0 Å². The van der Waals surface area contributed by atoms with Gasteiger partial charge in [-0.1, -0.05) is 11.6 Å². The Morgan fingerprint density at radius 3 is 3.03 bits per heavy atom. The summed E-state index contributed by atoms with van der Waals surface area (Å²) in [6.45, 7) is 7.08. The minimum Gasteiger partial charge on any atom is -0.383 e. The fourth-order valence-electron chi connectivity index (χ4n) is 5.04. The molecular formula is C22H29N7O2. The summed E-state index contributed by atoms with van der Waals surface area (Å²) in [7, 11) is 1.66. The molecule has 2 aliphatic rings. The molecule has 2 aliphatic heterocycles. The third-order valence-electron chi connectivity index (χ3n) is 6.62. The summed E-state index contributed by atoms with van der Waals surface area (Å²) in [4.78, 5) is 21.3. The van der Waals surface area contributed by atoms with Crippen molar-refractivity contribution in [2.24, 2.45) is 0 Å². The number of nitrogens with zero attached hydrogens (tertiary/aromatic N) is 6. The van der Waals surface area contributed by atoms with Crippen molar-refractivity contribution in [1.82, 2.24) is 35.0 Å². The highest BCUT2D eigenvalue weighted by atomic mass is 16.5. The standard InChI is InChI=1S/C22H29N7O2/c1-15-5-6-19-16(12-15)13-18(22(30)23-19)20(21-24-25-26-29(21)10-11-31-2)28-9-8-27-7-3-4-17(27)14-28/h5-6,12-13,17,20H,3-4,7-11,14H2,1-2H3,(H,23,30)/t17-,20-/m0/s1.